The van der Waals surface area contributed by atoms with Crippen molar-refractivity contribution in [2.45, 2.75) is 6.42 Å². The first-order valence-corrected chi connectivity index (χ1v) is 4.43. The zero-order valence-corrected chi connectivity index (χ0v) is 8.32. The second-order valence-electron chi connectivity index (χ2n) is 2.43. The topological polar surface area (TPSA) is 82.0 Å². The van der Waals surface area contributed by atoms with Gasteiger partial charge in [0.05, 0.1) is 6.07 Å². The van der Waals surface area contributed by atoms with Crippen molar-refractivity contribution < 1.29 is 4.92 Å². The first kappa shape index (κ1) is 10.1. The Morgan fingerprint density at radius 3 is 2.85 bits per heavy atom. The van der Waals surface area contributed by atoms with Crippen LogP contribution in [0.5, 0.6) is 0 Å². The Bertz CT molecular complexity index is 330. The summed E-state index contributed by atoms with van der Waals surface area (Å²) in [5, 5.41) is 10.4. The van der Waals surface area contributed by atoms with E-state index in [1.54, 1.807) is 6.07 Å². The SMILES string of the molecule is NCCc1cc(Br)cc([N+](=O)[O-])n1. The van der Waals surface area contributed by atoms with Crippen LogP contribution in [0.1, 0.15) is 5.69 Å². The number of aromatic nitrogens is 1. The van der Waals surface area contributed by atoms with Crippen molar-refractivity contribution in [3.8, 4) is 0 Å². The summed E-state index contributed by atoms with van der Waals surface area (Å²) in [6, 6.07) is 3.08. The molecule has 1 aromatic heterocycles. The molecule has 0 bridgehead atoms. The number of nitrogens with zero attached hydrogens (tertiary/aromatic N) is 2. The average Bonchev–Trinajstić information content (AvgIpc) is 2.03. The lowest BCUT2D eigenvalue weighted by Gasteiger charge is -1.96. The second-order valence-corrected chi connectivity index (χ2v) is 3.35. The van der Waals surface area contributed by atoms with Crippen LogP contribution in [0.2, 0.25) is 0 Å². The van der Waals surface area contributed by atoms with Crippen molar-refractivity contribution in [2.75, 3.05) is 6.54 Å². The summed E-state index contributed by atoms with van der Waals surface area (Å²) in [5.41, 5.74) is 5.94. The van der Waals surface area contributed by atoms with Gasteiger partial charge in [0.25, 0.3) is 0 Å². The molecule has 0 unspecified atom stereocenters. The molecule has 70 valence electrons. The first-order valence-electron chi connectivity index (χ1n) is 3.64. The standard InChI is InChI=1S/C7H8BrN3O2/c8-5-3-6(1-2-9)10-7(4-5)11(12)13/h3-4H,1-2,9H2. The molecule has 2 N–H and O–H groups in total. The molecule has 0 aliphatic carbocycles. The van der Waals surface area contributed by atoms with Gasteiger partial charge in [0.1, 0.15) is 0 Å². The summed E-state index contributed by atoms with van der Waals surface area (Å²) >= 11 is 3.17. The second kappa shape index (κ2) is 4.29. The maximum Gasteiger partial charge on any atom is 0.364 e. The summed E-state index contributed by atoms with van der Waals surface area (Å²) in [7, 11) is 0. The molecule has 0 radical (unpaired) electrons. The number of hydrogen-bond donors (Lipinski definition) is 1. The lowest BCUT2D eigenvalue weighted by atomic mass is 10.3. The third kappa shape index (κ3) is 2.74. The molecule has 0 fully saturated rings. The van der Waals surface area contributed by atoms with Crippen LogP contribution in [0, 0.1) is 10.1 Å². The Hall–Kier alpha value is -1.01. The quantitative estimate of drug-likeness (QED) is 0.642. The lowest BCUT2D eigenvalue weighted by molar-refractivity contribution is -0.389. The zero-order valence-electron chi connectivity index (χ0n) is 6.74. The van der Waals surface area contributed by atoms with Crippen molar-refractivity contribution in [1.82, 2.24) is 4.98 Å². The molecular weight excluding hydrogens is 238 g/mol. The summed E-state index contributed by atoms with van der Waals surface area (Å²) in [6.45, 7) is 0.431. The highest BCUT2D eigenvalue weighted by molar-refractivity contribution is 9.10. The fourth-order valence-electron chi connectivity index (χ4n) is 0.905. The van der Waals surface area contributed by atoms with Crippen LogP contribution in [-0.2, 0) is 6.42 Å². The average molecular weight is 246 g/mol. The van der Waals surface area contributed by atoms with Crippen LogP contribution >= 0.6 is 15.9 Å². The predicted octanol–water partition coefficient (Wildman–Crippen LogP) is 1.25. The minimum atomic E-state index is -0.523. The Balaban J connectivity index is 3.03. The van der Waals surface area contributed by atoms with Gasteiger partial charge in [0, 0.05) is 17.4 Å². The largest absolute Gasteiger partial charge is 0.364 e. The van der Waals surface area contributed by atoms with Gasteiger partial charge < -0.3 is 15.8 Å². The molecule has 0 amide bonds. The van der Waals surface area contributed by atoms with E-state index in [0.717, 1.165) is 0 Å². The Morgan fingerprint density at radius 1 is 1.62 bits per heavy atom. The van der Waals surface area contributed by atoms with E-state index in [-0.39, 0.29) is 5.82 Å². The van der Waals surface area contributed by atoms with E-state index in [9.17, 15) is 10.1 Å². The summed E-state index contributed by atoms with van der Waals surface area (Å²) in [4.78, 5) is 13.7. The van der Waals surface area contributed by atoms with Crippen LogP contribution in [0.15, 0.2) is 16.6 Å². The van der Waals surface area contributed by atoms with Crippen molar-refractivity contribution in [3.63, 3.8) is 0 Å². The maximum atomic E-state index is 10.4. The van der Waals surface area contributed by atoms with Gasteiger partial charge in [-0.15, -0.1) is 0 Å². The van der Waals surface area contributed by atoms with Crippen LogP contribution < -0.4 is 5.73 Å². The van der Waals surface area contributed by atoms with Gasteiger partial charge in [0.2, 0.25) is 0 Å². The highest BCUT2D eigenvalue weighted by Crippen LogP contribution is 2.17. The molecule has 0 spiro atoms. The molecule has 0 aliphatic rings. The van der Waals surface area contributed by atoms with E-state index in [4.69, 9.17) is 5.73 Å². The predicted molar refractivity (Wildman–Crippen MR) is 51.3 cm³/mol. The summed E-state index contributed by atoms with van der Waals surface area (Å²) in [5.74, 6) is -0.155. The minimum absolute atomic E-state index is 0.155. The number of rotatable bonds is 3. The molecule has 1 aromatic rings. The number of hydrogen-bond acceptors (Lipinski definition) is 4. The number of pyridine rings is 1. The van der Waals surface area contributed by atoms with E-state index in [2.05, 4.69) is 20.9 Å². The molecule has 0 saturated heterocycles. The van der Waals surface area contributed by atoms with E-state index < -0.39 is 4.92 Å². The molecule has 1 rings (SSSR count). The number of nitrogens with two attached hydrogens (primary N) is 1. The molecular formula is C7H8BrN3O2. The molecule has 13 heavy (non-hydrogen) atoms. The van der Waals surface area contributed by atoms with Gasteiger partial charge in [-0.2, -0.15) is 0 Å². The van der Waals surface area contributed by atoms with Gasteiger partial charge in [-0.1, -0.05) is 15.9 Å². The summed E-state index contributed by atoms with van der Waals surface area (Å²) in [6.07, 6.45) is 0.542. The highest BCUT2D eigenvalue weighted by atomic mass is 79.9. The van der Waals surface area contributed by atoms with Crippen molar-refractivity contribution >= 4 is 21.7 Å². The van der Waals surface area contributed by atoms with Gasteiger partial charge in [0.15, 0.2) is 5.69 Å². The number of halogens is 1. The van der Waals surface area contributed by atoms with Crippen molar-refractivity contribution in [1.29, 1.82) is 0 Å². The Morgan fingerprint density at radius 2 is 2.31 bits per heavy atom. The van der Waals surface area contributed by atoms with Gasteiger partial charge >= 0.3 is 5.82 Å². The fraction of sp³-hybridized carbons (Fsp3) is 0.286. The van der Waals surface area contributed by atoms with Crippen molar-refractivity contribution in [3.05, 3.63) is 32.4 Å². The van der Waals surface area contributed by atoms with E-state index in [1.807, 2.05) is 0 Å². The smallest absolute Gasteiger partial charge is 0.358 e. The third-order valence-corrected chi connectivity index (χ3v) is 1.88. The van der Waals surface area contributed by atoms with Crippen LogP contribution in [0.3, 0.4) is 0 Å². The zero-order chi connectivity index (χ0) is 9.84. The fourth-order valence-corrected chi connectivity index (χ4v) is 1.37. The normalized spacial score (nSPS) is 10.0. The monoisotopic (exact) mass is 245 g/mol. The first-order chi connectivity index (χ1) is 6.13. The third-order valence-electron chi connectivity index (χ3n) is 1.42. The maximum absolute atomic E-state index is 10.4. The van der Waals surface area contributed by atoms with E-state index in [0.29, 0.717) is 23.1 Å². The van der Waals surface area contributed by atoms with Gasteiger partial charge in [-0.05, 0) is 16.0 Å². The lowest BCUT2D eigenvalue weighted by Crippen LogP contribution is -2.05. The van der Waals surface area contributed by atoms with Gasteiger partial charge in [-0.25, -0.2) is 0 Å². The minimum Gasteiger partial charge on any atom is -0.358 e. The van der Waals surface area contributed by atoms with Crippen LogP contribution in [0.4, 0.5) is 5.82 Å². The summed E-state index contributed by atoms with van der Waals surface area (Å²) < 4.78 is 0.651. The molecule has 6 heteroatoms. The molecule has 0 aliphatic heterocycles. The Labute approximate surface area is 83.2 Å². The molecule has 5 nitrogen and oxygen atoms in total. The van der Waals surface area contributed by atoms with Crippen LogP contribution in [0.25, 0.3) is 0 Å². The molecule has 0 saturated carbocycles. The highest BCUT2D eigenvalue weighted by Gasteiger charge is 2.11. The molecule has 0 aromatic carbocycles. The van der Waals surface area contributed by atoms with E-state index in [1.165, 1.54) is 6.07 Å². The number of nitro groups is 1. The Kier molecular flexibility index (Phi) is 3.32. The van der Waals surface area contributed by atoms with Crippen LogP contribution in [-0.4, -0.2) is 16.5 Å². The molecule has 0 atom stereocenters. The molecule has 1 heterocycles. The van der Waals surface area contributed by atoms with E-state index >= 15 is 0 Å². The van der Waals surface area contributed by atoms with Gasteiger partial charge in [-0.3, -0.25) is 0 Å². The van der Waals surface area contributed by atoms with Crippen molar-refractivity contribution in [2.24, 2.45) is 5.73 Å².